The van der Waals surface area contributed by atoms with Gasteiger partial charge in [-0.3, -0.25) is 4.90 Å². The first kappa shape index (κ1) is 16.8. The van der Waals surface area contributed by atoms with Crippen LogP contribution in [-0.4, -0.2) is 22.1 Å². The standard InChI is InChI=1S/C21H18ClN3O/c1-25(13-15-10-11-16-6-2-3-7-17(16)12-15)14-20-23-21(24-26-20)18-8-4-5-9-19(18)22/h2-12H,13-14H2,1H3. The normalized spacial score (nSPS) is 11.3. The van der Waals surface area contributed by atoms with Crippen LogP contribution in [0, 0.1) is 0 Å². The largest absolute Gasteiger partial charge is 0.338 e. The molecule has 4 aromatic rings. The number of fused-ring (bicyclic) bond motifs is 1. The predicted octanol–water partition coefficient (Wildman–Crippen LogP) is 5.18. The van der Waals surface area contributed by atoms with Crippen molar-refractivity contribution < 1.29 is 4.52 Å². The average molecular weight is 364 g/mol. The highest BCUT2D eigenvalue weighted by atomic mass is 35.5. The van der Waals surface area contributed by atoms with Gasteiger partial charge in [-0.2, -0.15) is 4.98 Å². The number of hydrogen-bond acceptors (Lipinski definition) is 4. The lowest BCUT2D eigenvalue weighted by Gasteiger charge is -2.14. The topological polar surface area (TPSA) is 42.2 Å². The van der Waals surface area contributed by atoms with Crippen LogP contribution in [0.25, 0.3) is 22.2 Å². The van der Waals surface area contributed by atoms with Crippen LogP contribution in [-0.2, 0) is 13.1 Å². The van der Waals surface area contributed by atoms with Gasteiger partial charge in [0.25, 0.3) is 0 Å². The number of nitrogens with zero attached hydrogens (tertiary/aromatic N) is 3. The third kappa shape index (κ3) is 3.62. The Morgan fingerprint density at radius 2 is 1.69 bits per heavy atom. The number of benzene rings is 3. The van der Waals surface area contributed by atoms with Crippen molar-refractivity contribution in [3.8, 4) is 11.4 Å². The maximum Gasteiger partial charge on any atom is 0.241 e. The highest BCUT2D eigenvalue weighted by molar-refractivity contribution is 6.33. The van der Waals surface area contributed by atoms with E-state index in [4.69, 9.17) is 16.1 Å². The van der Waals surface area contributed by atoms with Crippen molar-refractivity contribution in [3.63, 3.8) is 0 Å². The van der Waals surface area contributed by atoms with Crippen LogP contribution in [0.4, 0.5) is 0 Å². The molecule has 26 heavy (non-hydrogen) atoms. The van der Waals surface area contributed by atoms with Crippen LogP contribution in [0.2, 0.25) is 5.02 Å². The van der Waals surface area contributed by atoms with Crippen molar-refractivity contribution in [1.29, 1.82) is 0 Å². The van der Waals surface area contributed by atoms with Gasteiger partial charge in [0.1, 0.15) is 0 Å². The van der Waals surface area contributed by atoms with E-state index in [2.05, 4.69) is 57.5 Å². The van der Waals surface area contributed by atoms with Crippen LogP contribution >= 0.6 is 11.6 Å². The molecule has 0 atom stereocenters. The molecule has 0 aliphatic rings. The van der Waals surface area contributed by atoms with Gasteiger partial charge in [0.15, 0.2) is 0 Å². The molecule has 0 aliphatic heterocycles. The molecule has 0 N–H and O–H groups in total. The molecule has 0 saturated heterocycles. The van der Waals surface area contributed by atoms with Crippen molar-refractivity contribution in [2.24, 2.45) is 0 Å². The van der Waals surface area contributed by atoms with Crippen molar-refractivity contribution in [2.75, 3.05) is 7.05 Å². The van der Waals surface area contributed by atoms with E-state index in [1.165, 1.54) is 16.3 Å². The minimum Gasteiger partial charge on any atom is -0.338 e. The lowest BCUT2D eigenvalue weighted by Crippen LogP contribution is -2.17. The van der Waals surface area contributed by atoms with E-state index in [0.717, 1.165) is 12.1 Å². The molecule has 1 aromatic heterocycles. The second-order valence-electron chi connectivity index (χ2n) is 6.35. The molecule has 0 fully saturated rings. The second-order valence-corrected chi connectivity index (χ2v) is 6.75. The predicted molar refractivity (Wildman–Crippen MR) is 104 cm³/mol. The maximum absolute atomic E-state index is 6.20. The SMILES string of the molecule is CN(Cc1ccc2ccccc2c1)Cc1nc(-c2ccccc2Cl)no1. The van der Waals surface area contributed by atoms with Crippen molar-refractivity contribution in [2.45, 2.75) is 13.1 Å². The van der Waals surface area contributed by atoms with Crippen molar-refractivity contribution in [3.05, 3.63) is 83.2 Å². The molecule has 0 aliphatic carbocycles. The Balaban J connectivity index is 1.46. The summed E-state index contributed by atoms with van der Waals surface area (Å²) in [7, 11) is 2.04. The van der Waals surface area contributed by atoms with Crippen LogP contribution in [0.15, 0.2) is 71.3 Å². The van der Waals surface area contributed by atoms with E-state index < -0.39 is 0 Å². The fourth-order valence-corrected chi connectivity index (χ4v) is 3.23. The van der Waals surface area contributed by atoms with Gasteiger partial charge >= 0.3 is 0 Å². The fraction of sp³-hybridized carbons (Fsp3) is 0.143. The van der Waals surface area contributed by atoms with Gasteiger partial charge in [-0.15, -0.1) is 0 Å². The molecule has 5 heteroatoms. The van der Waals surface area contributed by atoms with E-state index in [1.54, 1.807) is 0 Å². The fourth-order valence-electron chi connectivity index (χ4n) is 3.01. The van der Waals surface area contributed by atoms with Gasteiger partial charge in [0.05, 0.1) is 11.6 Å². The van der Waals surface area contributed by atoms with Gasteiger partial charge in [-0.05, 0) is 41.6 Å². The second kappa shape index (κ2) is 7.28. The lowest BCUT2D eigenvalue weighted by molar-refractivity contribution is 0.261. The third-order valence-electron chi connectivity index (χ3n) is 4.25. The molecule has 0 amide bonds. The molecule has 0 bridgehead atoms. The maximum atomic E-state index is 6.20. The van der Waals surface area contributed by atoms with Crippen molar-refractivity contribution in [1.82, 2.24) is 15.0 Å². The first-order valence-corrected chi connectivity index (χ1v) is 8.80. The number of hydrogen-bond donors (Lipinski definition) is 0. The van der Waals surface area contributed by atoms with Crippen LogP contribution in [0.5, 0.6) is 0 Å². The summed E-state index contributed by atoms with van der Waals surface area (Å²) in [6.45, 7) is 1.37. The molecule has 0 spiro atoms. The summed E-state index contributed by atoms with van der Waals surface area (Å²) in [6, 6.07) is 22.4. The zero-order chi connectivity index (χ0) is 17.9. The van der Waals surface area contributed by atoms with Gasteiger partial charge in [-0.1, -0.05) is 65.3 Å². The summed E-state index contributed by atoms with van der Waals surface area (Å²) < 4.78 is 5.39. The van der Waals surface area contributed by atoms with Gasteiger partial charge in [-0.25, -0.2) is 0 Å². The molecule has 4 nitrogen and oxygen atoms in total. The molecular formula is C21H18ClN3O. The van der Waals surface area contributed by atoms with Crippen LogP contribution < -0.4 is 0 Å². The quantitative estimate of drug-likeness (QED) is 0.490. The molecule has 1 heterocycles. The molecule has 130 valence electrons. The summed E-state index contributed by atoms with van der Waals surface area (Å²) in [5.74, 6) is 1.09. The van der Waals surface area contributed by atoms with E-state index in [9.17, 15) is 0 Å². The van der Waals surface area contributed by atoms with E-state index in [-0.39, 0.29) is 0 Å². The minimum atomic E-state index is 0.518. The smallest absolute Gasteiger partial charge is 0.241 e. The van der Waals surface area contributed by atoms with Crippen LogP contribution in [0.1, 0.15) is 11.5 Å². The molecule has 0 saturated carbocycles. The lowest BCUT2D eigenvalue weighted by atomic mass is 10.1. The Bertz CT molecular complexity index is 1040. The summed E-state index contributed by atoms with van der Waals surface area (Å²) in [5.41, 5.74) is 2.03. The van der Waals surface area contributed by atoms with E-state index >= 15 is 0 Å². The number of rotatable bonds is 5. The molecule has 3 aromatic carbocycles. The summed E-state index contributed by atoms with van der Waals surface area (Å²) in [4.78, 5) is 6.62. The van der Waals surface area contributed by atoms with E-state index in [0.29, 0.717) is 23.3 Å². The van der Waals surface area contributed by atoms with Crippen LogP contribution in [0.3, 0.4) is 0 Å². The molecular weight excluding hydrogens is 346 g/mol. The van der Waals surface area contributed by atoms with Gasteiger partial charge in [0, 0.05) is 12.1 Å². The van der Waals surface area contributed by atoms with E-state index in [1.807, 2.05) is 31.3 Å². The minimum absolute atomic E-state index is 0.518. The Kier molecular flexibility index (Phi) is 4.69. The van der Waals surface area contributed by atoms with Gasteiger partial charge in [0.2, 0.25) is 11.7 Å². The zero-order valence-corrected chi connectivity index (χ0v) is 15.1. The average Bonchev–Trinajstić information content (AvgIpc) is 3.10. The summed E-state index contributed by atoms with van der Waals surface area (Å²) >= 11 is 6.20. The first-order chi connectivity index (χ1) is 12.7. The Labute approximate surface area is 157 Å². The summed E-state index contributed by atoms with van der Waals surface area (Å²) in [5, 5.41) is 7.16. The molecule has 0 radical (unpaired) electrons. The monoisotopic (exact) mass is 363 g/mol. The third-order valence-corrected chi connectivity index (χ3v) is 4.58. The first-order valence-electron chi connectivity index (χ1n) is 8.43. The van der Waals surface area contributed by atoms with Crippen molar-refractivity contribution >= 4 is 22.4 Å². The Hall–Kier alpha value is -2.69. The number of aromatic nitrogens is 2. The Morgan fingerprint density at radius 3 is 2.54 bits per heavy atom. The zero-order valence-electron chi connectivity index (χ0n) is 14.4. The molecule has 0 unspecified atom stereocenters. The molecule has 4 rings (SSSR count). The van der Waals surface area contributed by atoms with Gasteiger partial charge < -0.3 is 4.52 Å². The summed E-state index contributed by atoms with van der Waals surface area (Å²) in [6.07, 6.45) is 0. The number of halogens is 1. The highest BCUT2D eigenvalue weighted by Crippen LogP contribution is 2.25. The highest BCUT2D eigenvalue weighted by Gasteiger charge is 2.13. The Morgan fingerprint density at radius 1 is 0.923 bits per heavy atom.